The summed E-state index contributed by atoms with van der Waals surface area (Å²) in [7, 11) is 0. The summed E-state index contributed by atoms with van der Waals surface area (Å²) < 4.78 is 0. The zero-order valence-electron chi connectivity index (χ0n) is 5.49. The lowest BCUT2D eigenvalue weighted by atomic mass is 10.0. The molecule has 1 saturated carbocycles. The van der Waals surface area contributed by atoms with E-state index in [1.54, 1.807) is 0 Å². The Kier molecular flexibility index (Phi) is 1.24. The normalized spacial score (nSPS) is 43.7. The van der Waals surface area contributed by atoms with Crippen LogP contribution in [-0.4, -0.2) is 18.0 Å². The molecule has 0 aromatic heterocycles. The van der Waals surface area contributed by atoms with E-state index in [-0.39, 0.29) is 4.87 Å². The highest BCUT2D eigenvalue weighted by atomic mass is 35.5. The zero-order chi connectivity index (χ0) is 6.32. The molecule has 1 saturated heterocycles. The molecule has 9 heavy (non-hydrogen) atoms. The third kappa shape index (κ3) is 0.968. The van der Waals surface area contributed by atoms with E-state index in [1.807, 2.05) is 0 Å². The molecule has 52 valence electrons. The van der Waals surface area contributed by atoms with Crippen LogP contribution in [-0.2, 0) is 0 Å². The Morgan fingerprint density at radius 3 is 2.67 bits per heavy atom. The molecule has 1 nitrogen and oxygen atoms in total. The molecular formula is C7H12ClN. The van der Waals surface area contributed by atoms with Gasteiger partial charge in [-0.2, -0.15) is 0 Å². The topological polar surface area (TPSA) is 12.0 Å². The highest BCUT2D eigenvalue weighted by Crippen LogP contribution is 2.46. The van der Waals surface area contributed by atoms with Crippen LogP contribution in [0.2, 0.25) is 0 Å². The molecule has 0 aromatic rings. The Morgan fingerprint density at radius 1 is 1.44 bits per heavy atom. The number of hydrogen-bond acceptors (Lipinski definition) is 1. The molecule has 2 fully saturated rings. The van der Waals surface area contributed by atoms with Crippen molar-refractivity contribution < 1.29 is 0 Å². The molecule has 1 unspecified atom stereocenters. The van der Waals surface area contributed by atoms with Crippen molar-refractivity contribution in [2.24, 2.45) is 5.92 Å². The van der Waals surface area contributed by atoms with Crippen LogP contribution in [0.3, 0.4) is 0 Å². The first-order chi connectivity index (χ1) is 4.31. The maximum absolute atomic E-state index is 6.31. The molecule has 2 aliphatic rings. The minimum Gasteiger partial charge on any atom is -0.315 e. The Balaban J connectivity index is 2.02. The van der Waals surface area contributed by atoms with E-state index in [9.17, 15) is 0 Å². The summed E-state index contributed by atoms with van der Waals surface area (Å²) in [6.07, 6.45) is 3.91. The third-order valence-electron chi connectivity index (χ3n) is 2.45. The molecule has 0 spiro atoms. The van der Waals surface area contributed by atoms with Crippen LogP contribution in [0.25, 0.3) is 0 Å². The van der Waals surface area contributed by atoms with Gasteiger partial charge < -0.3 is 5.32 Å². The van der Waals surface area contributed by atoms with Gasteiger partial charge in [-0.25, -0.2) is 0 Å². The van der Waals surface area contributed by atoms with Gasteiger partial charge in [0.05, 0.1) is 4.87 Å². The summed E-state index contributed by atoms with van der Waals surface area (Å²) in [5.74, 6) is 0.842. The number of hydrogen-bond donors (Lipinski definition) is 1. The molecule has 1 atom stereocenters. The smallest absolute Gasteiger partial charge is 0.0610 e. The van der Waals surface area contributed by atoms with E-state index in [1.165, 1.54) is 19.3 Å². The Morgan fingerprint density at radius 2 is 2.22 bits per heavy atom. The van der Waals surface area contributed by atoms with Gasteiger partial charge in [-0.05, 0) is 31.7 Å². The van der Waals surface area contributed by atoms with Crippen molar-refractivity contribution in [1.29, 1.82) is 0 Å². The van der Waals surface area contributed by atoms with Gasteiger partial charge in [0.2, 0.25) is 0 Å². The van der Waals surface area contributed by atoms with Gasteiger partial charge in [0.15, 0.2) is 0 Å². The first-order valence-electron chi connectivity index (χ1n) is 3.71. The van der Waals surface area contributed by atoms with Crippen LogP contribution in [0.1, 0.15) is 19.3 Å². The molecule has 1 aliphatic heterocycles. The molecule has 0 radical (unpaired) electrons. The third-order valence-corrected chi connectivity index (χ3v) is 3.08. The van der Waals surface area contributed by atoms with Crippen LogP contribution < -0.4 is 5.32 Å². The van der Waals surface area contributed by atoms with Gasteiger partial charge in [-0.1, -0.05) is 0 Å². The van der Waals surface area contributed by atoms with Crippen molar-refractivity contribution in [1.82, 2.24) is 5.32 Å². The lowest BCUT2D eigenvalue weighted by molar-refractivity contribution is 0.552. The molecule has 2 heteroatoms. The average molecular weight is 146 g/mol. The van der Waals surface area contributed by atoms with Crippen LogP contribution >= 0.6 is 11.6 Å². The van der Waals surface area contributed by atoms with Crippen LogP contribution in [0.15, 0.2) is 0 Å². The minimum absolute atomic E-state index is 0.167. The summed E-state index contributed by atoms with van der Waals surface area (Å²) in [5, 5.41) is 3.30. The van der Waals surface area contributed by atoms with E-state index in [4.69, 9.17) is 11.6 Å². The molecule has 0 aromatic carbocycles. The lowest BCUT2D eigenvalue weighted by Gasteiger charge is -2.17. The van der Waals surface area contributed by atoms with Crippen LogP contribution in [0, 0.1) is 5.92 Å². The first kappa shape index (κ1) is 5.99. The van der Waals surface area contributed by atoms with E-state index in [0.717, 1.165) is 19.0 Å². The first-order valence-corrected chi connectivity index (χ1v) is 4.09. The largest absolute Gasteiger partial charge is 0.315 e. The second kappa shape index (κ2) is 1.86. The van der Waals surface area contributed by atoms with Gasteiger partial charge >= 0.3 is 0 Å². The molecular weight excluding hydrogens is 134 g/mol. The second-order valence-corrected chi connectivity index (χ2v) is 3.99. The van der Waals surface area contributed by atoms with Gasteiger partial charge in [-0.15, -0.1) is 11.6 Å². The predicted molar refractivity (Wildman–Crippen MR) is 38.8 cm³/mol. The van der Waals surface area contributed by atoms with E-state index in [2.05, 4.69) is 5.32 Å². The summed E-state index contributed by atoms with van der Waals surface area (Å²) in [4.78, 5) is 0.167. The van der Waals surface area contributed by atoms with Crippen molar-refractivity contribution >= 4 is 11.6 Å². The van der Waals surface area contributed by atoms with Gasteiger partial charge in [-0.3, -0.25) is 0 Å². The summed E-state index contributed by atoms with van der Waals surface area (Å²) in [5.41, 5.74) is 0. The minimum atomic E-state index is 0.167. The second-order valence-electron chi connectivity index (χ2n) is 3.24. The van der Waals surface area contributed by atoms with Crippen molar-refractivity contribution in [2.75, 3.05) is 13.1 Å². The van der Waals surface area contributed by atoms with Crippen molar-refractivity contribution in [2.45, 2.75) is 24.1 Å². The maximum Gasteiger partial charge on any atom is 0.0610 e. The number of halogens is 1. The molecule has 0 amide bonds. The van der Waals surface area contributed by atoms with Crippen molar-refractivity contribution in [3.8, 4) is 0 Å². The maximum atomic E-state index is 6.31. The fourth-order valence-electron chi connectivity index (χ4n) is 1.63. The van der Waals surface area contributed by atoms with E-state index in [0.29, 0.717) is 0 Å². The molecule has 1 heterocycles. The number of alkyl halides is 1. The zero-order valence-corrected chi connectivity index (χ0v) is 6.25. The van der Waals surface area contributed by atoms with Gasteiger partial charge in [0, 0.05) is 6.54 Å². The number of rotatable bonds is 1. The standard InChI is InChI=1S/C7H12ClN/c8-7(6-1-2-6)3-4-9-5-7/h6,9H,1-5H2. The van der Waals surface area contributed by atoms with Crippen molar-refractivity contribution in [3.63, 3.8) is 0 Å². The Labute approximate surface area is 60.8 Å². The molecule has 0 bridgehead atoms. The SMILES string of the molecule is ClC1(C2CC2)CCNC1. The monoisotopic (exact) mass is 145 g/mol. The fourth-order valence-corrected chi connectivity index (χ4v) is 2.04. The molecule has 1 N–H and O–H groups in total. The van der Waals surface area contributed by atoms with Gasteiger partial charge in [0.1, 0.15) is 0 Å². The van der Waals surface area contributed by atoms with Crippen molar-refractivity contribution in [3.05, 3.63) is 0 Å². The summed E-state index contributed by atoms with van der Waals surface area (Å²) in [6.45, 7) is 2.17. The lowest BCUT2D eigenvalue weighted by Crippen LogP contribution is -2.26. The van der Waals surface area contributed by atoms with Gasteiger partial charge in [0.25, 0.3) is 0 Å². The fraction of sp³-hybridized carbons (Fsp3) is 1.00. The summed E-state index contributed by atoms with van der Waals surface area (Å²) in [6, 6.07) is 0. The highest BCUT2D eigenvalue weighted by molar-refractivity contribution is 6.24. The predicted octanol–water partition coefficient (Wildman–Crippen LogP) is 1.37. The Hall–Kier alpha value is 0.250. The number of nitrogens with one attached hydrogen (secondary N) is 1. The highest BCUT2D eigenvalue weighted by Gasteiger charge is 2.45. The average Bonchev–Trinajstić information content (AvgIpc) is 2.60. The molecule has 1 aliphatic carbocycles. The van der Waals surface area contributed by atoms with Crippen LogP contribution in [0.5, 0.6) is 0 Å². The summed E-state index contributed by atoms with van der Waals surface area (Å²) >= 11 is 6.31. The Bertz CT molecular complexity index is 114. The van der Waals surface area contributed by atoms with E-state index >= 15 is 0 Å². The quantitative estimate of drug-likeness (QED) is 0.550. The van der Waals surface area contributed by atoms with E-state index < -0.39 is 0 Å². The van der Waals surface area contributed by atoms with Crippen LogP contribution in [0.4, 0.5) is 0 Å². The molecule has 2 rings (SSSR count).